The van der Waals surface area contributed by atoms with E-state index in [-0.39, 0.29) is 139 Å². The molecule has 13 amide bonds. The molecule has 5 rings (SSSR count). The molecule has 28 heteroatoms. The highest BCUT2D eigenvalue weighted by Gasteiger charge is 2.44. The van der Waals surface area contributed by atoms with Crippen molar-refractivity contribution < 1.29 is 62.3 Å². The Balaban J connectivity index is 1.62. The Morgan fingerprint density at radius 1 is 0.321 bits per heavy atom. The van der Waals surface area contributed by atoms with Crippen LogP contribution in [0.4, 0.5) is 0 Å². The van der Waals surface area contributed by atoms with Crippen LogP contribution >= 0.6 is 0 Å². The lowest BCUT2D eigenvalue weighted by molar-refractivity contribution is -0.143. The molecule has 0 saturated carbocycles. The van der Waals surface area contributed by atoms with Crippen molar-refractivity contribution in [1.82, 2.24) is 68.3 Å². The van der Waals surface area contributed by atoms with Crippen LogP contribution in [0.3, 0.4) is 0 Å². The smallest absolute Gasteiger partial charge is 0.246 e. The first-order valence-corrected chi connectivity index (χ1v) is 38.6. The van der Waals surface area contributed by atoms with E-state index in [0.717, 1.165) is 0 Å². The molecule has 3 aliphatic rings. The lowest BCUT2D eigenvalue weighted by Gasteiger charge is -2.32. The molecule has 2 aromatic rings. The number of carbonyl (C=O) groups excluding carboxylic acids is 13. The first-order chi connectivity index (χ1) is 50.1. The summed E-state index contributed by atoms with van der Waals surface area (Å²) in [5.41, 5.74) is 13.3. The molecule has 106 heavy (non-hydrogen) atoms. The van der Waals surface area contributed by atoms with Crippen molar-refractivity contribution in [1.29, 1.82) is 0 Å². The summed E-state index contributed by atoms with van der Waals surface area (Å²) in [6, 6.07) is 1.75. The van der Waals surface area contributed by atoms with Crippen molar-refractivity contribution in [3.63, 3.8) is 0 Å². The van der Waals surface area contributed by atoms with E-state index in [2.05, 4.69) is 58.5 Å². The Bertz CT molecular complexity index is 3260. The molecule has 0 aliphatic carbocycles. The van der Waals surface area contributed by atoms with Crippen molar-refractivity contribution in [2.45, 2.75) is 272 Å². The van der Waals surface area contributed by atoms with Gasteiger partial charge in [-0.25, -0.2) is 0 Å². The molecule has 28 nitrogen and oxygen atoms in total. The molecular formula is C78H125N15O13. The summed E-state index contributed by atoms with van der Waals surface area (Å²) in [4.78, 5) is 195. The van der Waals surface area contributed by atoms with Crippen molar-refractivity contribution in [2.24, 2.45) is 52.9 Å². The highest BCUT2D eigenvalue weighted by atomic mass is 16.2. The van der Waals surface area contributed by atoms with Gasteiger partial charge in [0, 0.05) is 25.9 Å². The fraction of sp³-hybridized carbons (Fsp3) is 0.679. The fourth-order valence-electron chi connectivity index (χ4n) is 13.8. The summed E-state index contributed by atoms with van der Waals surface area (Å²) in [6.07, 6.45) is 2.15. The van der Waals surface area contributed by atoms with E-state index in [1.54, 1.807) is 88.4 Å². The highest BCUT2D eigenvalue weighted by Crippen LogP contribution is 2.25. The average molecular weight is 1480 g/mol. The molecule has 3 saturated heterocycles. The summed E-state index contributed by atoms with van der Waals surface area (Å²) < 4.78 is 0. The second-order valence-electron chi connectivity index (χ2n) is 31.8. The molecule has 590 valence electrons. The maximum atomic E-state index is 15.2. The Morgan fingerprint density at radius 3 is 0.830 bits per heavy atom. The van der Waals surface area contributed by atoms with Gasteiger partial charge in [-0.15, -0.1) is 0 Å². The maximum absolute atomic E-state index is 15.2. The van der Waals surface area contributed by atoms with Crippen molar-refractivity contribution in [2.75, 3.05) is 26.2 Å². The zero-order chi connectivity index (χ0) is 78.6. The molecule has 3 heterocycles. The second-order valence-corrected chi connectivity index (χ2v) is 31.8. The molecule has 3 fully saturated rings. The minimum atomic E-state index is -1.28. The predicted molar refractivity (Wildman–Crippen MR) is 405 cm³/mol. The van der Waals surface area contributed by atoms with Gasteiger partial charge < -0.3 is 79.8 Å². The first kappa shape index (κ1) is 88.1. The number of nitrogens with two attached hydrogens (primary N) is 2. The summed E-state index contributed by atoms with van der Waals surface area (Å²) in [5.74, 6) is -11.2. The van der Waals surface area contributed by atoms with Crippen LogP contribution in [0.25, 0.3) is 0 Å². The maximum Gasteiger partial charge on any atom is 0.246 e. The van der Waals surface area contributed by atoms with E-state index in [1.807, 2.05) is 69.2 Å². The third kappa shape index (κ3) is 27.7. The van der Waals surface area contributed by atoms with Gasteiger partial charge in [-0.2, -0.15) is 0 Å². The topological polar surface area (TPSA) is 413 Å². The monoisotopic (exact) mass is 1480 g/mol. The number of nitrogens with one attached hydrogen (secondary N) is 11. The number of rotatable bonds is 22. The fourth-order valence-corrected chi connectivity index (χ4v) is 13.8. The largest absolute Gasteiger partial charge is 0.343 e. The molecule has 0 spiro atoms. The third-order valence-corrected chi connectivity index (χ3v) is 19.3. The number of hydrogen-bond donors (Lipinski definition) is 13. The van der Waals surface area contributed by atoms with Crippen LogP contribution in [0.5, 0.6) is 0 Å². The first-order valence-electron chi connectivity index (χ1n) is 38.6. The van der Waals surface area contributed by atoms with Gasteiger partial charge in [-0.05, 0) is 149 Å². The van der Waals surface area contributed by atoms with Gasteiger partial charge in [0.2, 0.25) is 76.8 Å². The van der Waals surface area contributed by atoms with Gasteiger partial charge in [0.15, 0.2) is 0 Å². The number of carbonyl (C=O) groups is 13. The van der Waals surface area contributed by atoms with Gasteiger partial charge in [0.05, 0.1) is 0 Å². The lowest BCUT2D eigenvalue weighted by atomic mass is 9.98. The van der Waals surface area contributed by atoms with E-state index in [1.165, 1.54) is 9.80 Å². The zero-order valence-corrected chi connectivity index (χ0v) is 65.1. The van der Waals surface area contributed by atoms with Crippen molar-refractivity contribution in [3.8, 4) is 0 Å². The Kier molecular flexibility index (Phi) is 36.0. The number of benzene rings is 2. The summed E-state index contributed by atoms with van der Waals surface area (Å²) in [6.45, 7) is 25.8. The molecular weight excluding hydrogens is 1350 g/mol. The average Bonchev–Trinajstić information content (AvgIpc) is 1.61. The molecule has 2 aromatic carbocycles. The quantitative estimate of drug-likeness (QED) is 0.0806. The molecule has 0 unspecified atom stereocenters. The molecule has 15 N–H and O–H groups in total. The van der Waals surface area contributed by atoms with E-state index in [4.69, 9.17) is 11.5 Å². The Morgan fingerprint density at radius 2 is 0.566 bits per heavy atom. The van der Waals surface area contributed by atoms with Crippen LogP contribution in [0.2, 0.25) is 0 Å². The van der Waals surface area contributed by atoms with Crippen LogP contribution in [0.15, 0.2) is 60.7 Å². The van der Waals surface area contributed by atoms with Gasteiger partial charge >= 0.3 is 0 Å². The predicted octanol–water partition coefficient (Wildman–Crippen LogP) is 2.82. The second kappa shape index (κ2) is 43.3. The third-order valence-electron chi connectivity index (χ3n) is 19.3. The Labute approximate surface area is 627 Å². The van der Waals surface area contributed by atoms with E-state index >= 15 is 9.59 Å². The van der Waals surface area contributed by atoms with Gasteiger partial charge in [0.1, 0.15) is 78.5 Å². The van der Waals surface area contributed by atoms with Crippen molar-refractivity contribution in [3.05, 3.63) is 71.8 Å². The SMILES string of the molecule is CC(C)C[C@@H]1NC(=O)[C@H](CCCN)NC(=O)[C@H](CC(C)C)NC(=O)[C@H](C(C)C)NC(=O)[C@@H]2CCCN2C(=O)[C@@H](Cc2ccccc2)NC(=O)[C@H](CC(C)C)NC(=O)[C@H](CC(C)C)NC(=O)[C@H](CCCN)NC(=O)[C@H](C(C)C)NC(=O)[C@@H]2CCCN2C(=O)[C@@H](Cc2ccccc2)NC(=O)[C@H](CC(C)C)NC1=O. The van der Waals surface area contributed by atoms with Gasteiger partial charge in [-0.1, -0.05) is 158 Å². The number of fused-ring (bicyclic) bond motifs is 2. The van der Waals surface area contributed by atoms with Crippen LogP contribution in [0, 0.1) is 41.4 Å². The van der Waals surface area contributed by atoms with Crippen LogP contribution in [-0.2, 0) is 75.2 Å². The molecule has 13 atom stereocenters. The van der Waals surface area contributed by atoms with Crippen LogP contribution in [0.1, 0.15) is 192 Å². The lowest BCUT2D eigenvalue weighted by Crippen LogP contribution is -2.61. The van der Waals surface area contributed by atoms with E-state index in [0.29, 0.717) is 24.0 Å². The summed E-state index contributed by atoms with van der Waals surface area (Å²) in [7, 11) is 0. The standard InChI is InChI=1S/C78H125N15O13/c1-44(2)37-55-69(97)85-57(39-46(5)6)71(99)88-60(42-51-25-17-15-18-26-51)77(105)92-35-23-31-62(92)73(101)90-64(49(11)12)75(103)82-54(30-22-34-80)67(95)84-56(38-45(3)4)70(98)86-58(40-47(7)8)72(100)89-61(43-52-27-19-16-20-28-52)78(106)93-36-24-32-63(93)74(102)91-65(50(13)14)76(104)87-59(41-48(9)10)68(96)81-53(29-21-33-79)66(94)83-55/h15-20,25-28,44-50,53-65H,21-24,29-43,79-80H2,1-14H3,(H,81,96)(H,82,103)(H,83,94)(H,84,95)(H,85,97)(H,86,98)(H,87,104)(H,88,99)(H,89,100)(H,90,101)(H,91,102)/t53-,54-,55-,56-,57-,58-,59-,60+,61+,62-,63-,64-,65-/m0/s1. The molecule has 0 bridgehead atoms. The number of nitrogens with zero attached hydrogens (tertiary/aromatic N) is 2. The van der Waals surface area contributed by atoms with Crippen LogP contribution < -0.4 is 70.0 Å². The molecule has 0 aromatic heterocycles. The summed E-state index contributed by atoms with van der Waals surface area (Å²) in [5, 5.41) is 31.5. The zero-order valence-electron chi connectivity index (χ0n) is 65.1. The Hall–Kier alpha value is -8.53. The van der Waals surface area contributed by atoms with E-state index < -0.39 is 167 Å². The van der Waals surface area contributed by atoms with Gasteiger partial charge in [-0.3, -0.25) is 62.3 Å². The highest BCUT2D eigenvalue weighted by molar-refractivity contribution is 6.01. The van der Waals surface area contributed by atoms with Crippen molar-refractivity contribution >= 4 is 76.8 Å². The number of hydrogen-bond acceptors (Lipinski definition) is 15. The summed E-state index contributed by atoms with van der Waals surface area (Å²) >= 11 is 0. The molecule has 3 aliphatic heterocycles. The van der Waals surface area contributed by atoms with E-state index in [9.17, 15) is 52.7 Å². The molecule has 0 radical (unpaired) electrons. The normalized spacial score (nSPS) is 26.4. The minimum absolute atomic E-state index is 0.0200. The van der Waals surface area contributed by atoms with Crippen LogP contribution in [-0.4, -0.2) is 191 Å². The van der Waals surface area contributed by atoms with Gasteiger partial charge in [0.25, 0.3) is 0 Å². The number of amides is 13. The minimum Gasteiger partial charge on any atom is -0.343 e.